The van der Waals surface area contributed by atoms with E-state index >= 15 is 0 Å². The summed E-state index contributed by atoms with van der Waals surface area (Å²) in [6.07, 6.45) is 0. The Morgan fingerprint density at radius 1 is 1.11 bits per heavy atom. The number of nitrogens with one attached hydrogen (secondary N) is 1. The number of rotatable bonds is 6. The summed E-state index contributed by atoms with van der Waals surface area (Å²) in [7, 11) is 7.06. The van der Waals surface area contributed by atoms with E-state index in [1.54, 1.807) is 7.05 Å². The molecule has 27 heavy (non-hydrogen) atoms. The van der Waals surface area contributed by atoms with E-state index < -0.39 is 5.69 Å². The zero-order valence-corrected chi connectivity index (χ0v) is 16.6. The van der Waals surface area contributed by atoms with Gasteiger partial charge in [0.1, 0.15) is 0 Å². The first-order chi connectivity index (χ1) is 12.8. The van der Waals surface area contributed by atoms with Crippen LogP contribution in [0.4, 0.5) is 5.95 Å². The van der Waals surface area contributed by atoms with E-state index in [2.05, 4.69) is 10.3 Å². The molecule has 0 aliphatic carbocycles. The topological polar surface area (TPSA) is 77.1 Å². The zero-order valence-electron chi connectivity index (χ0n) is 15.9. The fourth-order valence-electron chi connectivity index (χ4n) is 2.90. The van der Waals surface area contributed by atoms with Gasteiger partial charge in [-0.1, -0.05) is 23.7 Å². The van der Waals surface area contributed by atoms with Crippen LogP contribution in [-0.4, -0.2) is 50.8 Å². The molecule has 3 aromatic rings. The maximum Gasteiger partial charge on any atom is 0.332 e. The minimum atomic E-state index is -0.400. The molecule has 0 aliphatic heterocycles. The number of hydrogen-bond donors (Lipinski definition) is 1. The predicted molar refractivity (Wildman–Crippen MR) is 108 cm³/mol. The average Bonchev–Trinajstić information content (AvgIpc) is 2.98. The SMILES string of the molecule is CN(C)CCNc1nc2c(c(=O)n(C)c(=O)n2C)n1Cc1ccc(Cl)cc1. The molecule has 1 N–H and O–H groups in total. The second kappa shape index (κ2) is 7.58. The van der Waals surface area contributed by atoms with Crippen molar-refractivity contribution in [3.05, 3.63) is 55.7 Å². The number of aromatic nitrogens is 4. The predicted octanol–water partition coefficient (Wildman–Crippen LogP) is 1.11. The third-order valence-corrected chi connectivity index (χ3v) is 4.70. The smallest absolute Gasteiger partial charge is 0.332 e. The highest BCUT2D eigenvalue weighted by molar-refractivity contribution is 6.30. The van der Waals surface area contributed by atoms with Crippen LogP contribution in [0.5, 0.6) is 0 Å². The number of likely N-dealkylation sites (N-methyl/N-ethyl adjacent to an activating group) is 1. The molecule has 8 nitrogen and oxygen atoms in total. The highest BCUT2D eigenvalue weighted by Gasteiger charge is 2.19. The van der Waals surface area contributed by atoms with Gasteiger partial charge in [0.2, 0.25) is 5.95 Å². The van der Waals surface area contributed by atoms with Gasteiger partial charge in [0.25, 0.3) is 5.56 Å². The Hall–Kier alpha value is -2.58. The van der Waals surface area contributed by atoms with Crippen molar-refractivity contribution in [2.24, 2.45) is 14.1 Å². The highest BCUT2D eigenvalue weighted by atomic mass is 35.5. The molecule has 2 aromatic heterocycles. The van der Waals surface area contributed by atoms with Crippen molar-refractivity contribution in [1.82, 2.24) is 23.6 Å². The van der Waals surface area contributed by atoms with Gasteiger partial charge in [-0.25, -0.2) is 4.79 Å². The van der Waals surface area contributed by atoms with Crippen molar-refractivity contribution in [3.8, 4) is 0 Å². The van der Waals surface area contributed by atoms with E-state index in [-0.39, 0.29) is 5.56 Å². The van der Waals surface area contributed by atoms with E-state index in [9.17, 15) is 9.59 Å². The van der Waals surface area contributed by atoms with Gasteiger partial charge in [0.15, 0.2) is 11.2 Å². The molecule has 0 amide bonds. The molecule has 0 radical (unpaired) electrons. The minimum Gasteiger partial charge on any atom is -0.354 e. The Bertz CT molecular complexity index is 1080. The summed E-state index contributed by atoms with van der Waals surface area (Å²) in [4.78, 5) is 31.6. The van der Waals surface area contributed by atoms with Crippen LogP contribution < -0.4 is 16.6 Å². The van der Waals surface area contributed by atoms with Crippen molar-refractivity contribution < 1.29 is 0 Å². The molecule has 0 bridgehead atoms. The molecular weight excluding hydrogens is 368 g/mol. The number of anilines is 1. The average molecular weight is 391 g/mol. The van der Waals surface area contributed by atoms with Crippen molar-refractivity contribution in [3.63, 3.8) is 0 Å². The van der Waals surface area contributed by atoms with Crippen molar-refractivity contribution in [2.45, 2.75) is 6.54 Å². The van der Waals surface area contributed by atoms with Crippen LogP contribution in [0.3, 0.4) is 0 Å². The number of nitrogens with zero attached hydrogens (tertiary/aromatic N) is 5. The van der Waals surface area contributed by atoms with Crippen LogP contribution in [0, 0.1) is 0 Å². The molecular formula is C18H23ClN6O2. The van der Waals surface area contributed by atoms with E-state index in [1.807, 2.05) is 47.8 Å². The summed E-state index contributed by atoms with van der Waals surface area (Å²) in [5, 5.41) is 3.93. The monoisotopic (exact) mass is 390 g/mol. The number of imidazole rings is 1. The molecule has 3 rings (SSSR count). The van der Waals surface area contributed by atoms with Crippen LogP contribution in [-0.2, 0) is 20.6 Å². The van der Waals surface area contributed by atoms with Gasteiger partial charge in [-0.2, -0.15) is 4.98 Å². The van der Waals surface area contributed by atoms with E-state index in [4.69, 9.17) is 11.6 Å². The third-order valence-electron chi connectivity index (χ3n) is 4.44. The summed E-state index contributed by atoms with van der Waals surface area (Å²) in [6, 6.07) is 7.43. The quantitative estimate of drug-likeness (QED) is 0.682. The normalized spacial score (nSPS) is 11.5. The molecule has 0 spiro atoms. The molecule has 1 aromatic carbocycles. The lowest BCUT2D eigenvalue weighted by Crippen LogP contribution is -2.37. The van der Waals surface area contributed by atoms with Crippen LogP contribution >= 0.6 is 11.6 Å². The van der Waals surface area contributed by atoms with Crippen LogP contribution in [0.15, 0.2) is 33.9 Å². The van der Waals surface area contributed by atoms with Gasteiger partial charge >= 0.3 is 5.69 Å². The summed E-state index contributed by atoms with van der Waals surface area (Å²) >= 11 is 5.97. The maximum absolute atomic E-state index is 12.8. The van der Waals surface area contributed by atoms with Gasteiger partial charge in [0, 0.05) is 32.2 Å². The maximum atomic E-state index is 12.8. The number of aryl methyl sites for hydroxylation is 1. The summed E-state index contributed by atoms with van der Waals surface area (Å²) in [5.74, 6) is 0.556. The number of hydrogen-bond acceptors (Lipinski definition) is 5. The number of benzene rings is 1. The largest absolute Gasteiger partial charge is 0.354 e. The standard InChI is InChI=1S/C18H23ClN6O2/c1-22(2)10-9-20-17-21-15-14(16(26)24(4)18(27)23(15)3)25(17)11-12-5-7-13(19)8-6-12/h5-8H,9-11H2,1-4H3,(H,20,21). The molecule has 0 saturated heterocycles. The van der Waals surface area contributed by atoms with Gasteiger partial charge in [0.05, 0.1) is 6.54 Å². The van der Waals surface area contributed by atoms with E-state index in [0.29, 0.717) is 35.2 Å². The lowest BCUT2D eigenvalue weighted by atomic mass is 10.2. The molecule has 0 saturated carbocycles. The molecule has 0 fully saturated rings. The summed E-state index contributed by atoms with van der Waals surface area (Å²) in [6.45, 7) is 1.90. The molecule has 9 heteroatoms. The Balaban J connectivity index is 2.15. The number of fused-ring (bicyclic) bond motifs is 1. The van der Waals surface area contributed by atoms with Crippen molar-refractivity contribution in [1.29, 1.82) is 0 Å². The van der Waals surface area contributed by atoms with E-state index in [1.165, 1.54) is 11.6 Å². The number of halogens is 1. The minimum absolute atomic E-state index is 0.365. The first-order valence-corrected chi connectivity index (χ1v) is 8.96. The molecule has 0 atom stereocenters. The van der Waals surface area contributed by atoms with Crippen LogP contribution in [0.2, 0.25) is 5.02 Å². The third kappa shape index (κ3) is 3.77. The van der Waals surface area contributed by atoms with Crippen molar-refractivity contribution >= 4 is 28.7 Å². The van der Waals surface area contributed by atoms with Crippen LogP contribution in [0.25, 0.3) is 11.2 Å². The molecule has 0 aliphatic rings. The second-order valence-electron chi connectivity index (χ2n) is 6.76. The van der Waals surface area contributed by atoms with E-state index in [0.717, 1.165) is 16.7 Å². The molecule has 144 valence electrons. The lowest BCUT2D eigenvalue weighted by Gasteiger charge is -2.13. The highest BCUT2D eigenvalue weighted by Crippen LogP contribution is 2.19. The second-order valence-corrected chi connectivity index (χ2v) is 7.19. The Morgan fingerprint density at radius 3 is 2.41 bits per heavy atom. The lowest BCUT2D eigenvalue weighted by molar-refractivity contribution is 0.424. The first kappa shape index (κ1) is 19.2. The van der Waals surface area contributed by atoms with Crippen LogP contribution in [0.1, 0.15) is 5.56 Å². The fourth-order valence-corrected chi connectivity index (χ4v) is 3.03. The fraction of sp³-hybridized carbons (Fsp3) is 0.389. The Kier molecular flexibility index (Phi) is 5.38. The summed E-state index contributed by atoms with van der Waals surface area (Å²) < 4.78 is 4.31. The Labute approximate surface area is 161 Å². The van der Waals surface area contributed by atoms with Gasteiger partial charge in [-0.3, -0.25) is 18.5 Å². The van der Waals surface area contributed by atoms with Gasteiger partial charge in [-0.15, -0.1) is 0 Å². The first-order valence-electron chi connectivity index (χ1n) is 8.59. The van der Waals surface area contributed by atoms with Gasteiger partial charge in [-0.05, 0) is 31.8 Å². The summed E-state index contributed by atoms with van der Waals surface area (Å²) in [5.41, 5.74) is 0.968. The molecule has 2 heterocycles. The van der Waals surface area contributed by atoms with Crippen molar-refractivity contribution in [2.75, 3.05) is 32.5 Å². The Morgan fingerprint density at radius 2 is 1.78 bits per heavy atom. The zero-order chi connectivity index (χ0) is 19.7. The van der Waals surface area contributed by atoms with Gasteiger partial charge < -0.3 is 10.2 Å². The molecule has 0 unspecified atom stereocenters.